The molecule has 25 heavy (non-hydrogen) atoms. The van der Waals surface area contributed by atoms with Gasteiger partial charge in [0.25, 0.3) is 0 Å². The molecule has 1 aliphatic heterocycles. The Kier molecular flexibility index (Phi) is 10.7. The molecule has 1 heterocycles. The summed E-state index contributed by atoms with van der Waals surface area (Å²) in [6.07, 6.45) is 4.14. The van der Waals surface area contributed by atoms with Crippen molar-refractivity contribution in [2.45, 2.75) is 108 Å². The lowest BCUT2D eigenvalue weighted by Crippen LogP contribution is -2.60. The van der Waals surface area contributed by atoms with Crippen LogP contribution in [0.5, 0.6) is 0 Å². The second-order valence-electron chi connectivity index (χ2n) is 7.80. The number of aliphatic hydroxyl groups excluding tert-OH is 4. The first kappa shape index (κ1) is 23.0. The fourth-order valence-corrected chi connectivity index (χ4v) is 5.27. The highest BCUT2D eigenvalue weighted by Crippen LogP contribution is 2.27. The predicted molar refractivity (Wildman–Crippen MR) is 99.8 cm³/mol. The zero-order chi connectivity index (χ0) is 18.9. The van der Waals surface area contributed by atoms with Crippen LogP contribution in [0.4, 0.5) is 0 Å². The van der Waals surface area contributed by atoms with Crippen molar-refractivity contribution in [1.29, 1.82) is 0 Å². The maximum atomic E-state index is 10.1. The number of rotatable bonds is 12. The van der Waals surface area contributed by atoms with Crippen LogP contribution in [0.1, 0.15) is 58.3 Å². The fraction of sp³-hybridized carbons (Fsp3) is 1.00. The first-order valence-electron chi connectivity index (χ1n) is 9.80. The summed E-state index contributed by atoms with van der Waals surface area (Å²) >= 11 is 0. The molecule has 0 saturated carbocycles. The molecule has 0 radical (unpaired) electrons. The molecular weight excluding hydrogens is 340 g/mol. The van der Waals surface area contributed by atoms with Crippen LogP contribution in [-0.4, -0.2) is 66.1 Å². The summed E-state index contributed by atoms with van der Waals surface area (Å²) in [5.74, 6) is 0. The van der Waals surface area contributed by atoms with Gasteiger partial charge in [-0.25, -0.2) is 0 Å². The minimum absolute atomic E-state index is 0.426. The number of unbranched alkanes of at least 4 members (excludes halogenated alkanes) is 7. The van der Waals surface area contributed by atoms with Crippen LogP contribution < -0.4 is 0 Å². The Balaban J connectivity index is 2.31. The van der Waals surface area contributed by atoms with Crippen molar-refractivity contribution in [3.8, 4) is 0 Å². The number of hydrogen-bond donors (Lipinski definition) is 4. The van der Waals surface area contributed by atoms with Gasteiger partial charge in [0, 0.05) is 0 Å². The predicted octanol–water partition coefficient (Wildman–Crippen LogP) is 2.15. The number of aliphatic hydroxyl groups is 4. The molecule has 0 aliphatic carbocycles. The summed E-state index contributed by atoms with van der Waals surface area (Å²) in [6.45, 7) is 5.93. The first-order chi connectivity index (χ1) is 11.8. The quantitative estimate of drug-likeness (QED) is 0.307. The van der Waals surface area contributed by atoms with E-state index >= 15 is 0 Å². The van der Waals surface area contributed by atoms with Gasteiger partial charge in [0.05, 0.1) is 6.61 Å². The van der Waals surface area contributed by atoms with Crippen LogP contribution in [0.25, 0.3) is 0 Å². The molecule has 0 bridgehead atoms. The lowest BCUT2D eigenvalue weighted by atomic mass is 10.00. The molecule has 0 unspecified atom stereocenters. The first-order valence-corrected chi connectivity index (χ1v) is 12.9. The van der Waals surface area contributed by atoms with Gasteiger partial charge in [-0.3, -0.25) is 0 Å². The Morgan fingerprint density at radius 2 is 1.40 bits per heavy atom. The van der Waals surface area contributed by atoms with Crippen molar-refractivity contribution in [1.82, 2.24) is 0 Å². The van der Waals surface area contributed by atoms with Crippen LogP contribution in [0.15, 0.2) is 0 Å². The summed E-state index contributed by atoms with van der Waals surface area (Å²) < 4.78 is 11.4. The van der Waals surface area contributed by atoms with Gasteiger partial charge in [-0.15, -0.1) is 0 Å². The highest BCUT2D eigenvalue weighted by Gasteiger charge is 2.45. The molecule has 6 nitrogen and oxygen atoms in total. The SMILES string of the molecule is CCCCCCCCCC[Si](C)(C)O[C@H]1O[C@H](CO)[C@H](O)[C@H](O)[C@H]1O. The van der Waals surface area contributed by atoms with Crippen molar-refractivity contribution in [2.24, 2.45) is 0 Å². The minimum Gasteiger partial charge on any atom is -0.394 e. The lowest BCUT2D eigenvalue weighted by Gasteiger charge is -2.42. The van der Waals surface area contributed by atoms with Crippen molar-refractivity contribution < 1.29 is 29.6 Å². The smallest absolute Gasteiger partial charge is 0.190 e. The van der Waals surface area contributed by atoms with Gasteiger partial charge < -0.3 is 29.6 Å². The summed E-state index contributed by atoms with van der Waals surface area (Å²) in [6, 6.07) is 0.955. The number of hydrogen-bond acceptors (Lipinski definition) is 6. The second kappa shape index (κ2) is 11.6. The Morgan fingerprint density at radius 3 is 1.96 bits per heavy atom. The monoisotopic (exact) mass is 378 g/mol. The van der Waals surface area contributed by atoms with E-state index in [9.17, 15) is 20.4 Å². The molecule has 1 rings (SSSR count). The third kappa shape index (κ3) is 8.03. The Bertz CT molecular complexity index is 352. The van der Waals surface area contributed by atoms with Gasteiger partial charge in [-0.2, -0.15) is 0 Å². The molecule has 0 aromatic carbocycles. The zero-order valence-electron chi connectivity index (χ0n) is 16.1. The van der Waals surface area contributed by atoms with Gasteiger partial charge in [0.1, 0.15) is 24.4 Å². The molecule has 7 heteroatoms. The van der Waals surface area contributed by atoms with Crippen LogP contribution in [0, 0.1) is 0 Å². The third-order valence-electron chi connectivity index (χ3n) is 4.92. The molecule has 0 aromatic rings. The highest BCUT2D eigenvalue weighted by atomic mass is 28.4. The van der Waals surface area contributed by atoms with Crippen molar-refractivity contribution in [2.75, 3.05) is 6.61 Å². The van der Waals surface area contributed by atoms with E-state index in [0.29, 0.717) is 0 Å². The summed E-state index contributed by atoms with van der Waals surface area (Å²) in [7, 11) is -2.07. The molecule has 1 aliphatic rings. The molecule has 0 aromatic heterocycles. The van der Waals surface area contributed by atoms with E-state index < -0.39 is 45.6 Å². The van der Waals surface area contributed by atoms with E-state index in [2.05, 4.69) is 20.0 Å². The van der Waals surface area contributed by atoms with Crippen LogP contribution in [0.2, 0.25) is 19.1 Å². The second-order valence-corrected chi connectivity index (χ2v) is 12.1. The van der Waals surface area contributed by atoms with E-state index in [4.69, 9.17) is 9.16 Å². The molecule has 1 fully saturated rings. The van der Waals surface area contributed by atoms with E-state index in [0.717, 1.165) is 12.5 Å². The lowest BCUT2D eigenvalue weighted by molar-refractivity contribution is -0.280. The zero-order valence-corrected chi connectivity index (χ0v) is 17.1. The Morgan fingerprint density at radius 1 is 0.840 bits per heavy atom. The maximum Gasteiger partial charge on any atom is 0.190 e. The average molecular weight is 379 g/mol. The van der Waals surface area contributed by atoms with E-state index in [1.54, 1.807) is 0 Å². The minimum atomic E-state index is -2.07. The molecule has 0 spiro atoms. The van der Waals surface area contributed by atoms with Crippen molar-refractivity contribution >= 4 is 8.32 Å². The topological polar surface area (TPSA) is 99.4 Å². The van der Waals surface area contributed by atoms with Crippen molar-refractivity contribution in [3.63, 3.8) is 0 Å². The molecule has 0 amide bonds. The van der Waals surface area contributed by atoms with Gasteiger partial charge in [0.15, 0.2) is 14.6 Å². The molecule has 150 valence electrons. The molecule has 4 N–H and O–H groups in total. The molecule has 5 atom stereocenters. The molecular formula is C18H38O6Si. The Hall–Kier alpha value is -0.0231. The van der Waals surface area contributed by atoms with E-state index in [1.807, 2.05) is 0 Å². The van der Waals surface area contributed by atoms with Crippen molar-refractivity contribution in [3.05, 3.63) is 0 Å². The molecule has 1 saturated heterocycles. The summed E-state index contributed by atoms with van der Waals surface area (Å²) in [5, 5.41) is 39.0. The van der Waals surface area contributed by atoms with Gasteiger partial charge in [-0.1, -0.05) is 58.3 Å². The highest BCUT2D eigenvalue weighted by molar-refractivity contribution is 6.71. The van der Waals surface area contributed by atoms with Crippen LogP contribution in [-0.2, 0) is 9.16 Å². The van der Waals surface area contributed by atoms with E-state index in [-0.39, 0.29) is 0 Å². The number of ether oxygens (including phenoxy) is 1. The largest absolute Gasteiger partial charge is 0.394 e. The van der Waals surface area contributed by atoms with Gasteiger partial charge in [0.2, 0.25) is 0 Å². The van der Waals surface area contributed by atoms with Crippen LogP contribution in [0.3, 0.4) is 0 Å². The Labute approximate surface area is 153 Å². The van der Waals surface area contributed by atoms with E-state index in [1.165, 1.54) is 44.9 Å². The summed E-state index contributed by atoms with van der Waals surface area (Å²) in [4.78, 5) is 0. The van der Waals surface area contributed by atoms with Gasteiger partial charge >= 0.3 is 0 Å². The third-order valence-corrected chi connectivity index (χ3v) is 7.34. The van der Waals surface area contributed by atoms with Crippen LogP contribution >= 0.6 is 0 Å². The average Bonchev–Trinajstić information content (AvgIpc) is 2.57. The van der Waals surface area contributed by atoms with Gasteiger partial charge in [-0.05, 0) is 19.1 Å². The summed E-state index contributed by atoms with van der Waals surface area (Å²) in [5.41, 5.74) is 0. The normalized spacial score (nSPS) is 30.6. The maximum absolute atomic E-state index is 10.1. The fourth-order valence-electron chi connectivity index (χ4n) is 3.22. The standard InChI is InChI=1S/C18H38O6Si/c1-4-5-6-7-8-9-10-11-12-25(2,3)24-18-17(22)16(21)15(20)14(13-19)23-18/h14-22H,4-13H2,1-3H3/t14-,15+,16+,17-,18-/m1/s1.